The number of aromatic nitrogens is 1. The van der Waals surface area contributed by atoms with Gasteiger partial charge in [-0.25, -0.2) is 0 Å². The zero-order valence-electron chi connectivity index (χ0n) is 52.7. The number of phenols is 1. The number of amides is 9. The van der Waals surface area contributed by atoms with Crippen molar-refractivity contribution in [1.82, 2.24) is 63.5 Å². The van der Waals surface area contributed by atoms with Crippen molar-refractivity contribution in [3.63, 3.8) is 0 Å². The van der Waals surface area contributed by atoms with Gasteiger partial charge in [-0.1, -0.05) is 121 Å². The van der Waals surface area contributed by atoms with Crippen LogP contribution in [0.1, 0.15) is 73.3 Å². The van der Waals surface area contributed by atoms with Gasteiger partial charge in [-0.2, -0.15) is 0 Å². The lowest BCUT2D eigenvalue weighted by molar-refractivity contribution is -0.137. The molecule has 26 nitrogen and oxygen atoms in total. The number of aromatic amines is 1. The Labute approximate surface area is 546 Å². The number of para-hydroxylation sites is 1. The van der Waals surface area contributed by atoms with Crippen LogP contribution in [-0.2, 0) is 75.3 Å². The maximum atomic E-state index is 15.2. The third kappa shape index (κ3) is 22.6. The number of nitrogens with one attached hydrogen (secondary N) is 12. The zero-order valence-corrected chi connectivity index (χ0v) is 52.7. The Kier molecular flexibility index (Phi) is 28.4. The normalized spacial score (nSPS) is 21.6. The molecule has 5 aromatic carbocycles. The van der Waals surface area contributed by atoms with E-state index in [1.165, 1.54) is 19.1 Å². The minimum absolute atomic E-state index is 0.00883. The molecule has 1 fully saturated rings. The standard InChI is InChI=1S/C68H89N15O11/c1-42(84)59-68(94)82-55(35-43-16-5-2-6-17-43)61(87)74-33-30-54(76-60(86)50(71)34-46-26-28-48(85)29-27-46)63(89)77-53(25-15-32-72-41-73-40-70)62(88)79-56(36-44-18-7-3-8-19-44)65(91)80-57(37-45-20-9-4-10-21-45)66(92)81-58(38-47-39-75-51-23-12-11-22-49(47)51)67(93)78-52(64(90)83-59)24-13-14-31-69/h2-12,16-23,26-29,39,42,50,52-59,72-73,75,84-85H,13-15,24-25,30-38,40-41,69-71H2,1H3,(H,74,87)(H,76,86)(H,77,89)(H,78,93)(H,79,88)(H,80,91)(H,81,92)(H,82,94)(H,83,90)/t42-,50+,52+,53+,54-,55?,56+,57+,58-,59+/m1/s1. The van der Waals surface area contributed by atoms with Crippen LogP contribution in [0.3, 0.4) is 0 Å². The van der Waals surface area contributed by atoms with Crippen molar-refractivity contribution < 1.29 is 53.4 Å². The van der Waals surface area contributed by atoms with Crippen LogP contribution in [-0.4, -0.2) is 162 Å². The van der Waals surface area contributed by atoms with Gasteiger partial charge in [0.15, 0.2) is 0 Å². The van der Waals surface area contributed by atoms with E-state index in [1.807, 2.05) is 24.3 Å². The highest BCUT2D eigenvalue weighted by molar-refractivity contribution is 5.99. The summed E-state index contributed by atoms with van der Waals surface area (Å²) in [5.74, 6) is -7.54. The van der Waals surface area contributed by atoms with Crippen LogP contribution in [0.2, 0.25) is 0 Å². The highest BCUT2D eigenvalue weighted by atomic mass is 16.3. The van der Waals surface area contributed by atoms with E-state index in [0.717, 1.165) is 10.9 Å². The first-order valence-electron chi connectivity index (χ1n) is 31.8. The predicted octanol–water partition coefficient (Wildman–Crippen LogP) is -0.545. The molecule has 1 saturated heterocycles. The molecule has 1 aliphatic rings. The van der Waals surface area contributed by atoms with E-state index in [4.69, 9.17) is 17.2 Å². The van der Waals surface area contributed by atoms with Crippen LogP contribution in [0.5, 0.6) is 5.75 Å². The van der Waals surface area contributed by atoms with Crippen molar-refractivity contribution in [3.05, 3.63) is 174 Å². The van der Waals surface area contributed by atoms with E-state index in [2.05, 4.69) is 63.5 Å². The van der Waals surface area contributed by atoms with E-state index < -0.39 is 114 Å². The van der Waals surface area contributed by atoms with Crippen LogP contribution < -0.4 is 75.7 Å². The first-order valence-corrected chi connectivity index (χ1v) is 31.8. The topological polar surface area (TPSA) is 420 Å². The SMILES string of the molecule is C[C@@H](O)[C@@H]1NC(=O)[C@H](CCCCN)NC(=O)[C@@H](Cc2c[nH]c3ccccc23)NC(=O)[C@H](Cc2ccccc2)NC(=O)[C@H](Cc2ccccc2)NC(=O)[C@H](CCCNCNCN)NC(=O)[C@H](NC(=O)[C@@H](N)Cc2ccc(O)cc2)CCNC(=O)C(Cc2ccccc2)NC1=O. The average molecular weight is 1290 g/mol. The number of fused-ring (bicyclic) bond motifs is 1. The molecule has 0 aliphatic carbocycles. The number of aliphatic hydroxyl groups excluding tert-OH is 1. The van der Waals surface area contributed by atoms with E-state index in [0.29, 0.717) is 53.9 Å². The summed E-state index contributed by atoms with van der Waals surface area (Å²) in [6.07, 6.45) is 0.331. The van der Waals surface area contributed by atoms with Crippen molar-refractivity contribution in [2.24, 2.45) is 17.2 Å². The molecule has 1 unspecified atom stereocenters. The maximum absolute atomic E-state index is 15.2. The van der Waals surface area contributed by atoms with Gasteiger partial charge in [-0.05, 0) is 111 Å². The molecule has 0 bridgehead atoms. The van der Waals surface area contributed by atoms with Crippen molar-refractivity contribution in [3.8, 4) is 5.75 Å². The quantitative estimate of drug-likeness (QED) is 0.0267. The highest BCUT2D eigenvalue weighted by Crippen LogP contribution is 2.21. The first kappa shape index (κ1) is 71.9. The van der Waals surface area contributed by atoms with E-state index >= 15 is 19.2 Å². The Bertz CT molecular complexity index is 3430. The summed E-state index contributed by atoms with van der Waals surface area (Å²) < 4.78 is 0. The van der Waals surface area contributed by atoms with Crippen molar-refractivity contribution in [2.45, 2.75) is 138 Å². The Morgan fingerprint density at radius 1 is 0.532 bits per heavy atom. The number of carbonyl (C=O) groups is 9. The summed E-state index contributed by atoms with van der Waals surface area (Å²) >= 11 is 0. The Morgan fingerprint density at radius 2 is 1.01 bits per heavy atom. The fourth-order valence-electron chi connectivity index (χ4n) is 10.9. The lowest BCUT2D eigenvalue weighted by Crippen LogP contribution is -2.62. The monoisotopic (exact) mass is 1290 g/mol. The minimum Gasteiger partial charge on any atom is -0.508 e. The Balaban J connectivity index is 1.31. The number of aromatic hydroxyl groups is 1. The fourth-order valence-corrected chi connectivity index (χ4v) is 10.9. The molecule has 0 radical (unpaired) electrons. The van der Waals surface area contributed by atoms with Gasteiger partial charge in [-0.15, -0.1) is 0 Å². The van der Waals surface area contributed by atoms with Crippen LogP contribution in [0, 0.1) is 0 Å². The second kappa shape index (κ2) is 37.2. The Hall–Kier alpha value is -9.57. The summed E-state index contributed by atoms with van der Waals surface area (Å²) in [5.41, 5.74) is 21.8. The molecular weight excluding hydrogens is 1200 g/mol. The van der Waals surface area contributed by atoms with E-state index in [-0.39, 0.29) is 83.3 Å². The molecule has 2 heterocycles. The number of carbonyl (C=O) groups excluding carboxylic acids is 9. The smallest absolute Gasteiger partial charge is 0.245 e. The number of hydrogen-bond donors (Lipinski definition) is 17. The van der Waals surface area contributed by atoms with Crippen molar-refractivity contribution >= 4 is 64.1 Å². The minimum atomic E-state index is -1.71. The van der Waals surface area contributed by atoms with E-state index in [9.17, 15) is 34.2 Å². The number of nitrogens with two attached hydrogens (primary N) is 3. The largest absolute Gasteiger partial charge is 0.508 e. The number of aliphatic hydroxyl groups is 1. The van der Waals surface area contributed by atoms with Gasteiger partial charge < -0.3 is 85.6 Å². The third-order valence-corrected chi connectivity index (χ3v) is 16.1. The molecule has 94 heavy (non-hydrogen) atoms. The van der Waals surface area contributed by atoms with Gasteiger partial charge in [0.2, 0.25) is 53.2 Å². The number of phenolic OH excluding ortho intramolecular Hbond substituents is 1. The van der Waals surface area contributed by atoms with Crippen LogP contribution >= 0.6 is 0 Å². The van der Waals surface area contributed by atoms with Gasteiger partial charge in [0.1, 0.15) is 54.1 Å². The van der Waals surface area contributed by atoms with Gasteiger partial charge in [0.05, 0.1) is 12.1 Å². The molecule has 7 rings (SSSR count). The number of H-pyrrole nitrogens is 1. The number of unbranched alkanes of at least 4 members (excludes halogenated alkanes) is 1. The zero-order chi connectivity index (χ0) is 67.4. The summed E-state index contributed by atoms with van der Waals surface area (Å²) in [7, 11) is 0. The van der Waals surface area contributed by atoms with Crippen LogP contribution in [0.15, 0.2) is 146 Å². The average Bonchev–Trinajstić information content (AvgIpc) is 1.65. The molecule has 0 spiro atoms. The first-order chi connectivity index (χ1) is 45.4. The van der Waals surface area contributed by atoms with Gasteiger partial charge in [-0.3, -0.25) is 48.5 Å². The lowest BCUT2D eigenvalue weighted by Gasteiger charge is -2.29. The molecule has 20 N–H and O–H groups in total. The summed E-state index contributed by atoms with van der Waals surface area (Å²) in [5, 5.41) is 53.0. The second-order valence-electron chi connectivity index (χ2n) is 23.4. The van der Waals surface area contributed by atoms with E-state index in [1.54, 1.807) is 109 Å². The number of benzene rings is 5. The number of rotatable bonds is 24. The predicted molar refractivity (Wildman–Crippen MR) is 354 cm³/mol. The molecular formula is C68H89N15O11. The summed E-state index contributed by atoms with van der Waals surface area (Å²) in [6, 6.07) is 26.7. The third-order valence-electron chi connectivity index (χ3n) is 16.1. The van der Waals surface area contributed by atoms with Gasteiger partial charge >= 0.3 is 0 Å². The second-order valence-corrected chi connectivity index (χ2v) is 23.4. The molecule has 6 aromatic rings. The molecule has 1 aromatic heterocycles. The highest BCUT2D eigenvalue weighted by Gasteiger charge is 2.37. The molecule has 10 atom stereocenters. The fraction of sp³-hybridized carbons (Fsp3) is 0.397. The van der Waals surface area contributed by atoms with Crippen molar-refractivity contribution in [2.75, 3.05) is 33.0 Å². The van der Waals surface area contributed by atoms with Gasteiger partial charge in [0, 0.05) is 62.7 Å². The summed E-state index contributed by atoms with van der Waals surface area (Å²) in [4.78, 5) is 136. The van der Waals surface area contributed by atoms with Crippen LogP contribution in [0.4, 0.5) is 0 Å². The van der Waals surface area contributed by atoms with Gasteiger partial charge in [0.25, 0.3) is 0 Å². The summed E-state index contributed by atoms with van der Waals surface area (Å²) in [6.45, 7) is 2.01. The molecule has 1 aliphatic heterocycles. The molecule has 26 heteroatoms. The molecule has 0 saturated carbocycles. The maximum Gasteiger partial charge on any atom is 0.245 e. The van der Waals surface area contributed by atoms with Crippen LogP contribution in [0.25, 0.3) is 10.9 Å². The number of hydrogen-bond acceptors (Lipinski definition) is 16. The molecule has 502 valence electrons. The lowest BCUT2D eigenvalue weighted by atomic mass is 10.00. The van der Waals surface area contributed by atoms with Crippen molar-refractivity contribution in [1.29, 1.82) is 0 Å². The molecule has 9 amide bonds. The Morgan fingerprint density at radius 3 is 1.56 bits per heavy atom.